The summed E-state index contributed by atoms with van der Waals surface area (Å²) < 4.78 is 5.73. The van der Waals surface area contributed by atoms with Gasteiger partial charge in [0.1, 0.15) is 0 Å². The molecule has 0 radical (unpaired) electrons. The average molecular weight is 326 g/mol. The topological polar surface area (TPSA) is 46.6 Å². The van der Waals surface area contributed by atoms with Crippen LogP contribution in [0.25, 0.3) is 0 Å². The standard InChI is InChI=1S/C14H16BrNO3/c1-8-6-10(15)4-5-12(8)16-9(2)11(7-13(16)17)14(18)19-3/h4-6,9,11H,7H2,1-3H3. The zero-order chi connectivity index (χ0) is 14.2. The summed E-state index contributed by atoms with van der Waals surface area (Å²) in [5.74, 6) is -0.744. The van der Waals surface area contributed by atoms with E-state index in [1.807, 2.05) is 32.0 Å². The minimum atomic E-state index is -0.388. The Balaban J connectivity index is 2.35. The Morgan fingerprint density at radius 3 is 2.74 bits per heavy atom. The maximum absolute atomic E-state index is 12.2. The summed E-state index contributed by atoms with van der Waals surface area (Å²) in [5, 5.41) is 0. The van der Waals surface area contributed by atoms with Crippen LogP contribution in [0.4, 0.5) is 5.69 Å². The van der Waals surface area contributed by atoms with Gasteiger partial charge in [0.15, 0.2) is 0 Å². The predicted molar refractivity (Wildman–Crippen MR) is 76.0 cm³/mol. The molecule has 0 spiro atoms. The Bertz CT molecular complexity index is 529. The van der Waals surface area contributed by atoms with E-state index in [2.05, 4.69) is 15.9 Å². The number of methoxy groups -OCH3 is 1. The lowest BCUT2D eigenvalue weighted by Gasteiger charge is -2.25. The molecular weight excluding hydrogens is 310 g/mol. The molecule has 1 aromatic rings. The highest BCUT2D eigenvalue weighted by Gasteiger charge is 2.42. The summed E-state index contributed by atoms with van der Waals surface area (Å²) in [4.78, 5) is 25.5. The maximum Gasteiger partial charge on any atom is 0.311 e. The van der Waals surface area contributed by atoms with Crippen molar-refractivity contribution in [3.63, 3.8) is 0 Å². The molecule has 0 aromatic heterocycles. The second-order valence-corrected chi connectivity index (χ2v) is 5.68. The fourth-order valence-electron chi connectivity index (χ4n) is 2.54. The third kappa shape index (κ3) is 2.52. The van der Waals surface area contributed by atoms with Gasteiger partial charge in [-0.3, -0.25) is 9.59 Å². The molecule has 102 valence electrons. The molecule has 1 aliphatic rings. The lowest BCUT2D eigenvalue weighted by molar-refractivity contribution is -0.146. The van der Waals surface area contributed by atoms with Crippen LogP contribution >= 0.6 is 15.9 Å². The monoisotopic (exact) mass is 325 g/mol. The Kier molecular flexibility index (Phi) is 3.94. The van der Waals surface area contributed by atoms with Crippen LogP contribution in [-0.2, 0) is 14.3 Å². The molecule has 2 atom stereocenters. The second kappa shape index (κ2) is 5.33. The molecule has 1 heterocycles. The summed E-state index contributed by atoms with van der Waals surface area (Å²) in [6.45, 7) is 3.83. The minimum Gasteiger partial charge on any atom is -0.469 e. The van der Waals surface area contributed by atoms with Crippen LogP contribution in [0.15, 0.2) is 22.7 Å². The van der Waals surface area contributed by atoms with Crippen molar-refractivity contribution in [2.45, 2.75) is 26.3 Å². The Labute approximate surface area is 120 Å². The predicted octanol–water partition coefficient (Wildman–Crippen LogP) is 2.67. The van der Waals surface area contributed by atoms with Crippen LogP contribution in [0, 0.1) is 12.8 Å². The van der Waals surface area contributed by atoms with Crippen LogP contribution in [0.3, 0.4) is 0 Å². The van der Waals surface area contributed by atoms with Crippen molar-refractivity contribution in [1.29, 1.82) is 0 Å². The highest BCUT2D eigenvalue weighted by atomic mass is 79.9. The van der Waals surface area contributed by atoms with E-state index in [9.17, 15) is 9.59 Å². The van der Waals surface area contributed by atoms with E-state index in [1.54, 1.807) is 4.90 Å². The number of rotatable bonds is 2. The third-order valence-corrected chi connectivity index (χ3v) is 4.07. The van der Waals surface area contributed by atoms with E-state index in [-0.39, 0.29) is 30.3 Å². The van der Waals surface area contributed by atoms with Crippen molar-refractivity contribution < 1.29 is 14.3 Å². The summed E-state index contributed by atoms with van der Waals surface area (Å²) >= 11 is 3.40. The molecule has 0 saturated carbocycles. The van der Waals surface area contributed by atoms with Gasteiger partial charge in [0.25, 0.3) is 0 Å². The summed E-state index contributed by atoms with van der Waals surface area (Å²) in [5.41, 5.74) is 1.85. The quantitative estimate of drug-likeness (QED) is 0.785. The normalized spacial score (nSPS) is 22.7. The van der Waals surface area contributed by atoms with Gasteiger partial charge in [-0.05, 0) is 37.6 Å². The van der Waals surface area contributed by atoms with Gasteiger partial charge < -0.3 is 9.64 Å². The molecule has 19 heavy (non-hydrogen) atoms. The SMILES string of the molecule is COC(=O)C1CC(=O)N(c2ccc(Br)cc2C)C1C. The average Bonchev–Trinajstić information content (AvgIpc) is 2.65. The smallest absolute Gasteiger partial charge is 0.311 e. The maximum atomic E-state index is 12.2. The van der Waals surface area contributed by atoms with Gasteiger partial charge in [-0.25, -0.2) is 0 Å². The van der Waals surface area contributed by atoms with Gasteiger partial charge in [-0.2, -0.15) is 0 Å². The largest absolute Gasteiger partial charge is 0.469 e. The highest BCUT2D eigenvalue weighted by molar-refractivity contribution is 9.10. The first-order chi connectivity index (χ1) is 8.95. The molecule has 0 aliphatic carbocycles. The van der Waals surface area contributed by atoms with Gasteiger partial charge in [0, 0.05) is 22.6 Å². The Morgan fingerprint density at radius 1 is 1.47 bits per heavy atom. The van der Waals surface area contributed by atoms with Crippen LogP contribution in [-0.4, -0.2) is 25.0 Å². The molecule has 1 saturated heterocycles. The number of aryl methyl sites for hydroxylation is 1. The first-order valence-electron chi connectivity index (χ1n) is 6.11. The number of carbonyl (C=O) groups excluding carboxylic acids is 2. The molecule has 1 amide bonds. The Hall–Kier alpha value is -1.36. The Morgan fingerprint density at radius 2 is 2.16 bits per heavy atom. The van der Waals surface area contributed by atoms with Gasteiger partial charge in [0.2, 0.25) is 5.91 Å². The zero-order valence-corrected chi connectivity index (χ0v) is 12.7. The molecule has 0 N–H and O–H groups in total. The lowest BCUT2D eigenvalue weighted by Crippen LogP contribution is -2.35. The fourth-order valence-corrected chi connectivity index (χ4v) is 3.01. The number of ether oxygens (including phenoxy) is 1. The first kappa shape index (κ1) is 14.1. The van der Waals surface area contributed by atoms with Crippen molar-refractivity contribution in [3.8, 4) is 0 Å². The molecule has 1 aliphatic heterocycles. The number of esters is 1. The zero-order valence-electron chi connectivity index (χ0n) is 11.1. The van der Waals surface area contributed by atoms with E-state index < -0.39 is 0 Å². The molecule has 2 rings (SSSR count). The summed E-state index contributed by atoms with van der Waals surface area (Å²) in [7, 11) is 1.35. The van der Waals surface area contributed by atoms with Crippen molar-refractivity contribution in [2.24, 2.45) is 5.92 Å². The second-order valence-electron chi connectivity index (χ2n) is 4.77. The molecule has 1 aromatic carbocycles. The highest BCUT2D eigenvalue weighted by Crippen LogP contribution is 2.34. The molecule has 1 fully saturated rings. The third-order valence-electron chi connectivity index (χ3n) is 3.58. The number of carbonyl (C=O) groups is 2. The molecule has 2 unspecified atom stereocenters. The summed E-state index contributed by atoms with van der Waals surface area (Å²) in [6, 6.07) is 5.57. The number of amides is 1. The van der Waals surface area contributed by atoms with E-state index in [0.29, 0.717) is 0 Å². The van der Waals surface area contributed by atoms with Crippen molar-refractivity contribution >= 4 is 33.5 Å². The van der Waals surface area contributed by atoms with Crippen LogP contribution in [0.2, 0.25) is 0 Å². The van der Waals surface area contributed by atoms with Crippen molar-refractivity contribution in [1.82, 2.24) is 0 Å². The fraction of sp³-hybridized carbons (Fsp3) is 0.429. The van der Waals surface area contributed by atoms with Crippen LogP contribution in [0.5, 0.6) is 0 Å². The molecular formula is C14H16BrNO3. The first-order valence-corrected chi connectivity index (χ1v) is 6.91. The van der Waals surface area contributed by atoms with Gasteiger partial charge >= 0.3 is 5.97 Å². The van der Waals surface area contributed by atoms with Crippen LogP contribution in [0.1, 0.15) is 18.9 Å². The van der Waals surface area contributed by atoms with Crippen molar-refractivity contribution in [3.05, 3.63) is 28.2 Å². The number of benzene rings is 1. The van der Waals surface area contributed by atoms with Gasteiger partial charge in [-0.1, -0.05) is 15.9 Å². The number of hydrogen-bond acceptors (Lipinski definition) is 3. The number of hydrogen-bond donors (Lipinski definition) is 0. The van der Waals surface area contributed by atoms with E-state index in [1.165, 1.54) is 7.11 Å². The van der Waals surface area contributed by atoms with Gasteiger partial charge in [-0.15, -0.1) is 0 Å². The number of halogens is 1. The minimum absolute atomic E-state index is 0.0340. The van der Waals surface area contributed by atoms with Crippen molar-refractivity contribution in [2.75, 3.05) is 12.0 Å². The van der Waals surface area contributed by atoms with E-state index >= 15 is 0 Å². The summed E-state index contributed by atoms with van der Waals surface area (Å²) in [6.07, 6.45) is 0.212. The van der Waals surface area contributed by atoms with Gasteiger partial charge in [0.05, 0.1) is 13.0 Å². The molecule has 4 nitrogen and oxygen atoms in total. The number of nitrogens with zero attached hydrogens (tertiary/aromatic N) is 1. The lowest BCUT2D eigenvalue weighted by atomic mass is 10.0. The van der Waals surface area contributed by atoms with E-state index in [4.69, 9.17) is 4.74 Å². The van der Waals surface area contributed by atoms with E-state index in [0.717, 1.165) is 15.7 Å². The molecule has 5 heteroatoms. The van der Waals surface area contributed by atoms with Crippen LogP contribution < -0.4 is 4.90 Å². The molecule has 0 bridgehead atoms. The number of anilines is 1.